The summed E-state index contributed by atoms with van der Waals surface area (Å²) in [6, 6.07) is 17.3. The molecule has 0 saturated heterocycles. The van der Waals surface area contributed by atoms with Crippen LogP contribution in [0.25, 0.3) is 0 Å². The van der Waals surface area contributed by atoms with E-state index in [1.54, 1.807) is 30.3 Å². The zero-order chi connectivity index (χ0) is 18.4. The number of nitrogens with one attached hydrogen (secondary N) is 1. The molecule has 0 bridgehead atoms. The number of halogens is 2. The fraction of sp³-hybridized carbons (Fsp3) is 0.150. The van der Waals surface area contributed by atoms with Crippen LogP contribution < -0.4 is 10.1 Å². The topological polar surface area (TPSA) is 51.5 Å². The van der Waals surface area contributed by atoms with Gasteiger partial charge < -0.3 is 14.5 Å². The van der Waals surface area contributed by atoms with Crippen molar-refractivity contribution >= 4 is 21.8 Å². The largest absolute Gasteiger partial charge is 0.486 e. The van der Waals surface area contributed by atoms with Crippen molar-refractivity contribution in [1.82, 2.24) is 5.32 Å². The van der Waals surface area contributed by atoms with Gasteiger partial charge in [-0.25, -0.2) is 4.39 Å². The van der Waals surface area contributed by atoms with E-state index in [2.05, 4.69) is 21.2 Å². The van der Waals surface area contributed by atoms with Crippen LogP contribution in [0.4, 0.5) is 4.39 Å². The lowest BCUT2D eigenvalue weighted by molar-refractivity contribution is 0.0922. The summed E-state index contributed by atoms with van der Waals surface area (Å²) in [5, 5.41) is 2.72. The molecular formula is C20H17BrFNO3. The molecule has 0 unspecified atom stereocenters. The van der Waals surface area contributed by atoms with Crippen molar-refractivity contribution in [3.05, 3.63) is 88.0 Å². The molecule has 1 aromatic heterocycles. The molecule has 0 aliphatic rings. The first-order chi connectivity index (χ1) is 12.6. The highest BCUT2D eigenvalue weighted by Crippen LogP contribution is 2.19. The maximum atomic E-state index is 13.5. The fourth-order valence-electron chi connectivity index (χ4n) is 2.39. The molecule has 4 nitrogen and oxygen atoms in total. The molecule has 0 radical (unpaired) electrons. The minimum absolute atomic E-state index is 0.200. The first kappa shape index (κ1) is 18.2. The molecule has 3 rings (SSSR count). The van der Waals surface area contributed by atoms with Gasteiger partial charge in [-0.3, -0.25) is 4.79 Å². The molecule has 0 fully saturated rings. The molecule has 2 aromatic carbocycles. The van der Waals surface area contributed by atoms with E-state index in [-0.39, 0.29) is 24.1 Å². The Morgan fingerprint density at radius 3 is 2.77 bits per heavy atom. The quantitative estimate of drug-likeness (QED) is 0.604. The van der Waals surface area contributed by atoms with Gasteiger partial charge in [-0.15, -0.1) is 0 Å². The minimum atomic E-state index is -0.338. The molecule has 134 valence electrons. The smallest absolute Gasteiger partial charge is 0.287 e. The second-order valence-corrected chi connectivity index (χ2v) is 6.52. The first-order valence-electron chi connectivity index (χ1n) is 8.10. The first-order valence-corrected chi connectivity index (χ1v) is 8.90. The number of ether oxygens (including phenoxy) is 1. The molecule has 1 N–H and O–H groups in total. The summed E-state index contributed by atoms with van der Waals surface area (Å²) < 4.78 is 25.6. The van der Waals surface area contributed by atoms with E-state index in [0.29, 0.717) is 30.0 Å². The summed E-state index contributed by atoms with van der Waals surface area (Å²) in [6.07, 6.45) is 0.415. The number of carbonyl (C=O) groups is 1. The molecule has 0 saturated carbocycles. The van der Waals surface area contributed by atoms with Crippen LogP contribution in [-0.4, -0.2) is 12.5 Å². The van der Waals surface area contributed by atoms with Gasteiger partial charge in [0.25, 0.3) is 5.91 Å². The van der Waals surface area contributed by atoms with E-state index in [1.165, 1.54) is 6.07 Å². The number of benzene rings is 2. The van der Waals surface area contributed by atoms with Gasteiger partial charge in [0.1, 0.15) is 23.9 Å². The Labute approximate surface area is 159 Å². The van der Waals surface area contributed by atoms with Gasteiger partial charge >= 0.3 is 0 Å². The highest BCUT2D eigenvalue weighted by Gasteiger charge is 2.11. The van der Waals surface area contributed by atoms with Crippen molar-refractivity contribution in [2.24, 2.45) is 0 Å². The number of furan rings is 1. The predicted molar refractivity (Wildman–Crippen MR) is 99.6 cm³/mol. The van der Waals surface area contributed by atoms with Gasteiger partial charge in [-0.2, -0.15) is 0 Å². The summed E-state index contributed by atoms with van der Waals surface area (Å²) in [5.41, 5.74) is 0.565. The lowest BCUT2D eigenvalue weighted by Gasteiger charge is -2.05. The average molecular weight is 418 g/mol. The molecule has 0 aliphatic heterocycles. The number of hydrogen-bond acceptors (Lipinski definition) is 3. The lowest BCUT2D eigenvalue weighted by Crippen LogP contribution is -2.25. The van der Waals surface area contributed by atoms with E-state index in [0.717, 1.165) is 4.47 Å². The third-order valence-corrected chi connectivity index (χ3v) is 4.19. The van der Waals surface area contributed by atoms with Crippen molar-refractivity contribution in [3.63, 3.8) is 0 Å². The van der Waals surface area contributed by atoms with E-state index >= 15 is 0 Å². The van der Waals surface area contributed by atoms with Crippen molar-refractivity contribution in [2.45, 2.75) is 13.0 Å². The minimum Gasteiger partial charge on any atom is -0.486 e. The number of hydrogen-bond donors (Lipinski definition) is 1. The summed E-state index contributed by atoms with van der Waals surface area (Å²) in [4.78, 5) is 12.1. The van der Waals surface area contributed by atoms with Gasteiger partial charge in [0.2, 0.25) is 0 Å². The van der Waals surface area contributed by atoms with Crippen LogP contribution in [-0.2, 0) is 13.0 Å². The Morgan fingerprint density at radius 1 is 1.12 bits per heavy atom. The van der Waals surface area contributed by atoms with Gasteiger partial charge in [-0.05, 0) is 48.4 Å². The fourth-order valence-corrected chi connectivity index (χ4v) is 2.77. The maximum Gasteiger partial charge on any atom is 0.287 e. The molecule has 1 heterocycles. The molecule has 3 aromatic rings. The summed E-state index contributed by atoms with van der Waals surface area (Å²) >= 11 is 3.38. The molecule has 0 aliphatic carbocycles. The third kappa shape index (κ3) is 4.95. The molecular weight excluding hydrogens is 401 g/mol. The zero-order valence-electron chi connectivity index (χ0n) is 13.9. The van der Waals surface area contributed by atoms with E-state index < -0.39 is 0 Å². The molecule has 0 atom stereocenters. The summed E-state index contributed by atoms with van der Waals surface area (Å²) in [6.45, 7) is 0.545. The lowest BCUT2D eigenvalue weighted by atomic mass is 10.1. The molecule has 1 amide bonds. The Bertz CT molecular complexity index is 894. The Balaban J connectivity index is 1.49. The van der Waals surface area contributed by atoms with E-state index in [4.69, 9.17) is 9.15 Å². The van der Waals surface area contributed by atoms with Crippen LogP contribution in [0.5, 0.6) is 5.75 Å². The number of carbonyl (C=O) groups excluding carboxylic acids is 1. The van der Waals surface area contributed by atoms with Crippen LogP contribution in [0.1, 0.15) is 21.9 Å². The van der Waals surface area contributed by atoms with Crippen molar-refractivity contribution in [2.75, 3.05) is 6.54 Å². The van der Waals surface area contributed by atoms with Crippen LogP contribution in [0.2, 0.25) is 0 Å². The standard InChI is InChI=1S/C20H17BrFNO3/c21-15-5-3-6-16(12-15)25-13-17-8-9-19(26-17)20(24)23-11-10-14-4-1-2-7-18(14)22/h1-9,12H,10-11,13H2,(H,23,24). The average Bonchev–Trinajstić information content (AvgIpc) is 3.11. The monoisotopic (exact) mass is 417 g/mol. The summed E-state index contributed by atoms with van der Waals surface area (Å²) in [7, 11) is 0. The summed E-state index contributed by atoms with van der Waals surface area (Å²) in [5.74, 6) is 0.837. The second kappa shape index (κ2) is 8.67. The van der Waals surface area contributed by atoms with Crippen LogP contribution in [0.3, 0.4) is 0 Å². The second-order valence-electron chi connectivity index (χ2n) is 5.61. The number of rotatable bonds is 7. The van der Waals surface area contributed by atoms with E-state index in [9.17, 15) is 9.18 Å². The highest BCUT2D eigenvalue weighted by molar-refractivity contribution is 9.10. The molecule has 26 heavy (non-hydrogen) atoms. The van der Waals surface area contributed by atoms with Gasteiger partial charge in [0, 0.05) is 11.0 Å². The van der Waals surface area contributed by atoms with Gasteiger partial charge in [0.15, 0.2) is 5.76 Å². The highest BCUT2D eigenvalue weighted by atomic mass is 79.9. The van der Waals surface area contributed by atoms with Crippen molar-refractivity contribution < 1.29 is 18.3 Å². The molecule has 0 spiro atoms. The van der Waals surface area contributed by atoms with Crippen LogP contribution >= 0.6 is 15.9 Å². The zero-order valence-corrected chi connectivity index (χ0v) is 15.5. The predicted octanol–water partition coefficient (Wildman–Crippen LogP) is 4.73. The normalized spacial score (nSPS) is 10.5. The van der Waals surface area contributed by atoms with Crippen LogP contribution in [0, 0.1) is 5.82 Å². The van der Waals surface area contributed by atoms with Gasteiger partial charge in [-0.1, -0.05) is 40.2 Å². The van der Waals surface area contributed by atoms with Crippen LogP contribution in [0.15, 0.2) is 69.6 Å². The SMILES string of the molecule is O=C(NCCc1ccccc1F)c1ccc(COc2cccc(Br)c2)o1. The Morgan fingerprint density at radius 2 is 1.96 bits per heavy atom. The third-order valence-electron chi connectivity index (χ3n) is 3.70. The Kier molecular flexibility index (Phi) is 6.07. The van der Waals surface area contributed by atoms with Crippen molar-refractivity contribution in [3.8, 4) is 5.75 Å². The maximum absolute atomic E-state index is 13.5. The van der Waals surface area contributed by atoms with Gasteiger partial charge in [0.05, 0.1) is 0 Å². The number of amides is 1. The molecule has 6 heteroatoms. The van der Waals surface area contributed by atoms with E-state index in [1.807, 2.05) is 24.3 Å². The Hall–Kier alpha value is -2.60. The van der Waals surface area contributed by atoms with Crippen molar-refractivity contribution in [1.29, 1.82) is 0 Å².